The fourth-order valence-corrected chi connectivity index (χ4v) is 3.33. The lowest BCUT2D eigenvalue weighted by Crippen LogP contribution is -2.46. The van der Waals surface area contributed by atoms with Gasteiger partial charge in [-0.3, -0.25) is 8.51 Å². The number of rotatable bonds is 6. The summed E-state index contributed by atoms with van der Waals surface area (Å²) in [6, 6.07) is 8.48. The van der Waals surface area contributed by atoms with Crippen LogP contribution in [0.25, 0.3) is 11.1 Å². The zero-order valence-corrected chi connectivity index (χ0v) is 14.4. The van der Waals surface area contributed by atoms with Crippen LogP contribution in [0.3, 0.4) is 0 Å². The van der Waals surface area contributed by atoms with E-state index in [9.17, 15) is 28.2 Å². The fourth-order valence-electron chi connectivity index (χ4n) is 2.50. The molecule has 2 atom stereocenters. The van der Waals surface area contributed by atoms with Crippen LogP contribution < -0.4 is 4.31 Å². The van der Waals surface area contributed by atoms with Crippen molar-refractivity contribution in [1.82, 2.24) is 0 Å². The van der Waals surface area contributed by atoms with Gasteiger partial charge in [-0.15, -0.1) is 0 Å². The number of benzene rings is 2. The molecule has 0 aromatic heterocycles. The summed E-state index contributed by atoms with van der Waals surface area (Å²) in [6.45, 7) is 3.09. The summed E-state index contributed by atoms with van der Waals surface area (Å²) in [5.74, 6) is -2.72. The molecule has 8 heteroatoms. The standard InChI is InChI=1S/C17H18FNO5S/c1-10(2)16(17(21)22)19(25(23)24)15-8-5-12(9-14(15)18)11-3-6-13(20)7-4-11/h3-10,16,20H,1-2H3,(H,21,22)(H,23,24)/p-1. The smallest absolute Gasteiger partial charge is 0.327 e. The Hall–Kier alpha value is -2.45. The summed E-state index contributed by atoms with van der Waals surface area (Å²) < 4.78 is 38.2. The molecule has 0 radical (unpaired) electrons. The maximum absolute atomic E-state index is 14.6. The van der Waals surface area contributed by atoms with Gasteiger partial charge in [0.1, 0.15) is 17.6 Å². The second kappa shape index (κ2) is 7.62. The highest BCUT2D eigenvalue weighted by Gasteiger charge is 2.31. The van der Waals surface area contributed by atoms with Crippen LogP contribution in [0, 0.1) is 11.7 Å². The Morgan fingerprint density at radius 1 is 1.16 bits per heavy atom. The maximum Gasteiger partial charge on any atom is 0.327 e. The van der Waals surface area contributed by atoms with E-state index in [4.69, 9.17) is 0 Å². The Morgan fingerprint density at radius 2 is 1.72 bits per heavy atom. The molecular weight excluding hydrogens is 349 g/mol. The highest BCUT2D eigenvalue weighted by atomic mass is 32.2. The largest absolute Gasteiger partial charge is 0.755 e. The predicted octanol–water partition coefficient (Wildman–Crippen LogP) is 2.91. The minimum absolute atomic E-state index is 0.0648. The van der Waals surface area contributed by atoms with E-state index in [1.807, 2.05) is 0 Å². The minimum atomic E-state index is -2.96. The number of halogens is 1. The van der Waals surface area contributed by atoms with Gasteiger partial charge in [0.2, 0.25) is 0 Å². The first kappa shape index (κ1) is 18.9. The lowest BCUT2D eigenvalue weighted by atomic mass is 10.0. The Balaban J connectivity index is 2.48. The highest BCUT2D eigenvalue weighted by molar-refractivity contribution is 7.80. The molecule has 25 heavy (non-hydrogen) atoms. The number of hydrogen-bond acceptors (Lipinski definition) is 4. The van der Waals surface area contributed by atoms with Crippen LogP contribution in [-0.2, 0) is 16.1 Å². The number of aromatic hydroxyl groups is 1. The molecule has 2 N–H and O–H groups in total. The van der Waals surface area contributed by atoms with Crippen LogP contribution >= 0.6 is 0 Å². The van der Waals surface area contributed by atoms with E-state index in [1.165, 1.54) is 24.3 Å². The van der Waals surface area contributed by atoms with Crippen molar-refractivity contribution in [2.45, 2.75) is 19.9 Å². The first-order valence-electron chi connectivity index (χ1n) is 7.42. The van der Waals surface area contributed by atoms with Crippen molar-refractivity contribution in [2.24, 2.45) is 5.92 Å². The molecule has 2 unspecified atom stereocenters. The molecule has 0 bridgehead atoms. The van der Waals surface area contributed by atoms with E-state index in [-0.39, 0.29) is 11.4 Å². The molecule has 2 aromatic rings. The quantitative estimate of drug-likeness (QED) is 0.766. The number of aliphatic carboxylic acids is 1. The van der Waals surface area contributed by atoms with Gasteiger partial charge in [-0.25, -0.2) is 9.18 Å². The van der Waals surface area contributed by atoms with E-state index in [2.05, 4.69) is 0 Å². The third-order valence-corrected chi connectivity index (χ3v) is 4.43. The molecule has 2 aromatic carbocycles. The summed E-state index contributed by atoms with van der Waals surface area (Å²) in [7, 11) is 0. The van der Waals surface area contributed by atoms with Gasteiger partial charge in [0, 0.05) is 11.3 Å². The van der Waals surface area contributed by atoms with Gasteiger partial charge in [-0.1, -0.05) is 32.0 Å². The van der Waals surface area contributed by atoms with Gasteiger partial charge < -0.3 is 14.8 Å². The molecular formula is C17H17FNO5S-. The van der Waals surface area contributed by atoms with Crippen LogP contribution in [0.4, 0.5) is 10.1 Å². The zero-order valence-electron chi connectivity index (χ0n) is 13.5. The topological polar surface area (TPSA) is 101 Å². The summed E-state index contributed by atoms with van der Waals surface area (Å²) in [4.78, 5) is 11.4. The maximum atomic E-state index is 14.6. The molecule has 2 rings (SSSR count). The van der Waals surface area contributed by atoms with Crippen molar-refractivity contribution < 1.29 is 28.2 Å². The van der Waals surface area contributed by atoms with Crippen LogP contribution in [0.2, 0.25) is 0 Å². The van der Waals surface area contributed by atoms with E-state index in [0.717, 1.165) is 6.07 Å². The average Bonchev–Trinajstić information content (AvgIpc) is 2.52. The molecule has 0 saturated heterocycles. The predicted molar refractivity (Wildman–Crippen MR) is 91.2 cm³/mol. The summed E-state index contributed by atoms with van der Waals surface area (Å²) >= 11 is -2.96. The van der Waals surface area contributed by atoms with E-state index < -0.39 is 35.0 Å². The van der Waals surface area contributed by atoms with Crippen molar-refractivity contribution in [3.05, 3.63) is 48.3 Å². The van der Waals surface area contributed by atoms with Crippen molar-refractivity contribution in [3.8, 4) is 16.9 Å². The molecule has 0 spiro atoms. The number of nitrogens with zero attached hydrogens (tertiary/aromatic N) is 1. The number of phenolic OH excluding ortho intramolecular Hbond substituents is 1. The zero-order chi connectivity index (χ0) is 18.7. The fraction of sp³-hybridized carbons (Fsp3) is 0.235. The number of carboxylic acids is 1. The lowest BCUT2D eigenvalue weighted by Gasteiger charge is -2.34. The number of phenols is 1. The number of hydrogen-bond donors (Lipinski definition) is 2. The third-order valence-electron chi connectivity index (χ3n) is 3.68. The molecule has 6 nitrogen and oxygen atoms in total. The number of carboxylic acid groups (broad SMARTS) is 1. The van der Waals surface area contributed by atoms with Crippen molar-refractivity contribution >= 4 is 22.9 Å². The Morgan fingerprint density at radius 3 is 2.16 bits per heavy atom. The van der Waals surface area contributed by atoms with Gasteiger partial charge >= 0.3 is 5.97 Å². The third kappa shape index (κ3) is 4.15. The normalized spacial score (nSPS) is 13.5. The molecule has 0 aliphatic carbocycles. The summed E-state index contributed by atoms with van der Waals surface area (Å²) in [6.07, 6.45) is 0. The highest BCUT2D eigenvalue weighted by Crippen LogP contribution is 2.30. The lowest BCUT2D eigenvalue weighted by molar-refractivity contribution is -0.139. The molecule has 0 fully saturated rings. The van der Waals surface area contributed by atoms with Crippen molar-refractivity contribution in [3.63, 3.8) is 0 Å². The van der Waals surface area contributed by atoms with Gasteiger partial charge in [0.25, 0.3) is 0 Å². The van der Waals surface area contributed by atoms with Crippen LogP contribution in [0.5, 0.6) is 5.75 Å². The Bertz CT molecular complexity index is 794. The molecule has 0 heterocycles. The number of carbonyl (C=O) groups is 1. The molecule has 0 aliphatic rings. The van der Waals surface area contributed by atoms with E-state index in [0.29, 0.717) is 15.4 Å². The van der Waals surface area contributed by atoms with Gasteiger partial charge in [0.15, 0.2) is 0 Å². The Kier molecular flexibility index (Phi) is 5.76. The van der Waals surface area contributed by atoms with Gasteiger partial charge in [0.05, 0.1) is 5.69 Å². The molecule has 134 valence electrons. The SMILES string of the molecule is CC(C)C(C(=O)O)N(c1ccc(-c2ccc(O)cc2)cc1F)S(=O)[O-]. The number of anilines is 1. The summed E-state index contributed by atoms with van der Waals surface area (Å²) in [5, 5.41) is 18.6. The van der Waals surface area contributed by atoms with Crippen molar-refractivity contribution in [1.29, 1.82) is 0 Å². The molecule has 0 amide bonds. The van der Waals surface area contributed by atoms with Crippen molar-refractivity contribution in [2.75, 3.05) is 4.31 Å². The van der Waals surface area contributed by atoms with Crippen LogP contribution in [-0.4, -0.2) is 31.0 Å². The minimum Gasteiger partial charge on any atom is -0.755 e. The second-order valence-electron chi connectivity index (χ2n) is 5.78. The first-order valence-corrected chi connectivity index (χ1v) is 8.46. The monoisotopic (exact) mass is 366 g/mol. The van der Waals surface area contributed by atoms with E-state index in [1.54, 1.807) is 26.0 Å². The van der Waals surface area contributed by atoms with E-state index >= 15 is 0 Å². The Labute approximate surface area is 147 Å². The average molecular weight is 366 g/mol. The summed E-state index contributed by atoms with van der Waals surface area (Å²) in [5.41, 5.74) is 0.753. The van der Waals surface area contributed by atoms with Crippen LogP contribution in [0.1, 0.15) is 13.8 Å². The first-order chi connectivity index (χ1) is 11.7. The van der Waals surface area contributed by atoms with Gasteiger partial charge in [-0.2, -0.15) is 0 Å². The van der Waals surface area contributed by atoms with Gasteiger partial charge in [-0.05, 0) is 41.3 Å². The van der Waals surface area contributed by atoms with Crippen LogP contribution in [0.15, 0.2) is 42.5 Å². The molecule has 0 aliphatic heterocycles. The molecule has 0 saturated carbocycles. The second-order valence-corrected chi connectivity index (χ2v) is 6.61.